The molecule has 20 heavy (non-hydrogen) atoms. The molecule has 110 valence electrons. The third kappa shape index (κ3) is 3.54. The third-order valence-corrected chi connectivity index (χ3v) is 4.29. The van der Waals surface area contributed by atoms with Gasteiger partial charge in [0.1, 0.15) is 5.75 Å². The Morgan fingerprint density at radius 1 is 1.45 bits per heavy atom. The van der Waals surface area contributed by atoms with Crippen molar-refractivity contribution >= 4 is 21.8 Å². The van der Waals surface area contributed by atoms with E-state index in [4.69, 9.17) is 4.74 Å². The standard InChI is InChI=1S/C16H22BrNO2/c1-2-20-15-10-4-3-9-14(15)16(19)18-12-6-8-13(18)7-5-11-17/h3-4,9-10,13H,2,5-8,11-12H2,1H3. The zero-order chi connectivity index (χ0) is 14.4. The first-order valence-electron chi connectivity index (χ1n) is 7.36. The molecule has 0 radical (unpaired) electrons. The van der Waals surface area contributed by atoms with Crippen LogP contribution in [0, 0.1) is 0 Å². The van der Waals surface area contributed by atoms with E-state index >= 15 is 0 Å². The fourth-order valence-electron chi connectivity index (χ4n) is 2.80. The van der Waals surface area contributed by atoms with Crippen LogP contribution in [-0.4, -0.2) is 35.3 Å². The van der Waals surface area contributed by atoms with Gasteiger partial charge in [0.2, 0.25) is 0 Å². The van der Waals surface area contributed by atoms with E-state index < -0.39 is 0 Å². The number of hydrogen-bond donors (Lipinski definition) is 0. The second-order valence-electron chi connectivity index (χ2n) is 5.05. The van der Waals surface area contributed by atoms with Crippen molar-refractivity contribution in [2.45, 2.75) is 38.6 Å². The zero-order valence-corrected chi connectivity index (χ0v) is 13.6. The van der Waals surface area contributed by atoms with Crippen molar-refractivity contribution in [2.24, 2.45) is 0 Å². The van der Waals surface area contributed by atoms with Crippen LogP contribution in [0.4, 0.5) is 0 Å². The van der Waals surface area contributed by atoms with Crippen LogP contribution in [0.15, 0.2) is 24.3 Å². The van der Waals surface area contributed by atoms with Gasteiger partial charge in [-0.05, 0) is 44.7 Å². The molecule has 2 rings (SSSR count). The smallest absolute Gasteiger partial charge is 0.257 e. The van der Waals surface area contributed by atoms with Crippen LogP contribution in [0.1, 0.15) is 43.0 Å². The maximum absolute atomic E-state index is 12.8. The molecule has 0 saturated carbocycles. The molecule has 1 heterocycles. The molecular weight excluding hydrogens is 318 g/mol. The first-order chi connectivity index (χ1) is 9.77. The summed E-state index contributed by atoms with van der Waals surface area (Å²) < 4.78 is 5.58. The number of amides is 1. The van der Waals surface area contributed by atoms with Crippen LogP contribution in [0.25, 0.3) is 0 Å². The number of hydrogen-bond acceptors (Lipinski definition) is 2. The van der Waals surface area contributed by atoms with Crippen molar-refractivity contribution in [1.29, 1.82) is 0 Å². The molecule has 3 nitrogen and oxygen atoms in total. The number of halogens is 1. The van der Waals surface area contributed by atoms with Gasteiger partial charge in [0.15, 0.2) is 0 Å². The van der Waals surface area contributed by atoms with Gasteiger partial charge >= 0.3 is 0 Å². The van der Waals surface area contributed by atoms with E-state index in [1.165, 1.54) is 0 Å². The second kappa shape index (κ2) is 7.67. The average Bonchev–Trinajstić information content (AvgIpc) is 2.93. The van der Waals surface area contributed by atoms with Crippen molar-refractivity contribution in [3.8, 4) is 5.75 Å². The monoisotopic (exact) mass is 339 g/mol. The molecule has 1 fully saturated rings. The van der Waals surface area contributed by atoms with Crippen molar-refractivity contribution < 1.29 is 9.53 Å². The van der Waals surface area contributed by atoms with Gasteiger partial charge < -0.3 is 9.64 Å². The Balaban J connectivity index is 2.13. The number of carbonyl (C=O) groups excluding carboxylic acids is 1. The fraction of sp³-hybridized carbons (Fsp3) is 0.562. The summed E-state index contributed by atoms with van der Waals surface area (Å²) in [7, 11) is 0. The Bertz CT molecular complexity index is 450. The van der Waals surface area contributed by atoms with Gasteiger partial charge in [0, 0.05) is 17.9 Å². The number of nitrogens with zero attached hydrogens (tertiary/aromatic N) is 1. The van der Waals surface area contributed by atoms with Gasteiger partial charge in [-0.3, -0.25) is 4.79 Å². The summed E-state index contributed by atoms with van der Waals surface area (Å²) in [4.78, 5) is 14.8. The second-order valence-corrected chi connectivity index (χ2v) is 5.85. The molecule has 1 aromatic carbocycles. The lowest BCUT2D eigenvalue weighted by atomic mass is 10.1. The zero-order valence-electron chi connectivity index (χ0n) is 12.0. The highest BCUT2D eigenvalue weighted by Crippen LogP contribution is 2.27. The van der Waals surface area contributed by atoms with Gasteiger partial charge in [-0.2, -0.15) is 0 Å². The molecule has 0 spiro atoms. The van der Waals surface area contributed by atoms with E-state index in [-0.39, 0.29) is 5.91 Å². The van der Waals surface area contributed by atoms with Crippen molar-refractivity contribution in [3.05, 3.63) is 29.8 Å². The first-order valence-corrected chi connectivity index (χ1v) is 8.48. The average molecular weight is 340 g/mol. The van der Waals surface area contributed by atoms with E-state index in [1.54, 1.807) is 0 Å². The molecule has 0 bridgehead atoms. The quantitative estimate of drug-likeness (QED) is 0.736. The molecule has 0 N–H and O–H groups in total. The van der Waals surface area contributed by atoms with Gasteiger partial charge in [-0.25, -0.2) is 0 Å². The maximum Gasteiger partial charge on any atom is 0.257 e. The number of carbonyl (C=O) groups is 1. The third-order valence-electron chi connectivity index (χ3n) is 3.73. The first kappa shape index (κ1) is 15.4. The Kier molecular flexibility index (Phi) is 5.89. The largest absolute Gasteiger partial charge is 0.493 e. The van der Waals surface area contributed by atoms with E-state index in [2.05, 4.69) is 15.9 Å². The van der Waals surface area contributed by atoms with Crippen LogP contribution in [-0.2, 0) is 0 Å². The van der Waals surface area contributed by atoms with Crippen molar-refractivity contribution in [1.82, 2.24) is 4.90 Å². The molecule has 1 saturated heterocycles. The Morgan fingerprint density at radius 2 is 2.25 bits per heavy atom. The van der Waals surface area contributed by atoms with E-state index in [9.17, 15) is 4.79 Å². The molecule has 1 unspecified atom stereocenters. The number of likely N-dealkylation sites (tertiary alicyclic amines) is 1. The predicted octanol–water partition coefficient (Wildman–Crippen LogP) is 3.87. The van der Waals surface area contributed by atoms with Crippen LogP contribution in [0.2, 0.25) is 0 Å². The molecule has 1 atom stereocenters. The predicted molar refractivity (Wildman–Crippen MR) is 84.7 cm³/mol. The number of rotatable bonds is 6. The minimum atomic E-state index is 0.117. The van der Waals surface area contributed by atoms with Crippen LogP contribution in [0.5, 0.6) is 5.75 Å². The normalized spacial score (nSPS) is 18.3. The lowest BCUT2D eigenvalue weighted by Crippen LogP contribution is -2.35. The SMILES string of the molecule is CCOc1ccccc1C(=O)N1CCCC1CCCBr. The summed E-state index contributed by atoms with van der Waals surface area (Å²) in [5.41, 5.74) is 0.695. The molecule has 0 aliphatic carbocycles. The van der Waals surface area contributed by atoms with Crippen LogP contribution >= 0.6 is 15.9 Å². The molecule has 1 amide bonds. The number of benzene rings is 1. The van der Waals surface area contributed by atoms with Crippen molar-refractivity contribution in [2.75, 3.05) is 18.5 Å². The topological polar surface area (TPSA) is 29.5 Å². The lowest BCUT2D eigenvalue weighted by Gasteiger charge is -2.25. The fourth-order valence-corrected chi connectivity index (χ4v) is 3.12. The Morgan fingerprint density at radius 3 is 3.00 bits per heavy atom. The summed E-state index contributed by atoms with van der Waals surface area (Å²) in [6, 6.07) is 7.94. The minimum absolute atomic E-state index is 0.117. The van der Waals surface area contributed by atoms with Gasteiger partial charge in [0.05, 0.1) is 12.2 Å². The van der Waals surface area contributed by atoms with Crippen LogP contribution < -0.4 is 4.74 Å². The number of para-hydroxylation sites is 1. The van der Waals surface area contributed by atoms with Gasteiger partial charge in [0.25, 0.3) is 5.91 Å². The van der Waals surface area contributed by atoms with E-state index in [0.29, 0.717) is 24.0 Å². The summed E-state index contributed by atoms with van der Waals surface area (Å²) in [5, 5.41) is 1.00. The highest BCUT2D eigenvalue weighted by atomic mass is 79.9. The molecular formula is C16H22BrNO2. The van der Waals surface area contributed by atoms with Crippen LogP contribution in [0.3, 0.4) is 0 Å². The maximum atomic E-state index is 12.8. The van der Waals surface area contributed by atoms with Gasteiger partial charge in [-0.1, -0.05) is 28.1 Å². The number of alkyl halides is 1. The lowest BCUT2D eigenvalue weighted by molar-refractivity contribution is 0.0726. The molecule has 4 heteroatoms. The van der Waals surface area contributed by atoms with E-state index in [1.807, 2.05) is 36.1 Å². The van der Waals surface area contributed by atoms with E-state index in [0.717, 1.165) is 37.6 Å². The highest BCUT2D eigenvalue weighted by Gasteiger charge is 2.30. The summed E-state index contributed by atoms with van der Waals surface area (Å²) in [6.45, 7) is 3.39. The Labute approximate surface area is 129 Å². The highest BCUT2D eigenvalue weighted by molar-refractivity contribution is 9.09. The molecule has 1 aliphatic rings. The summed E-state index contributed by atoms with van der Waals surface area (Å²) in [6.07, 6.45) is 4.42. The minimum Gasteiger partial charge on any atom is -0.493 e. The van der Waals surface area contributed by atoms with Gasteiger partial charge in [-0.15, -0.1) is 0 Å². The van der Waals surface area contributed by atoms with Crippen molar-refractivity contribution in [3.63, 3.8) is 0 Å². The summed E-state index contributed by atoms with van der Waals surface area (Å²) in [5.74, 6) is 0.817. The molecule has 0 aromatic heterocycles. The molecule has 1 aromatic rings. The molecule has 1 aliphatic heterocycles. The number of ether oxygens (including phenoxy) is 1. The Hall–Kier alpha value is -1.03. The summed E-state index contributed by atoms with van der Waals surface area (Å²) >= 11 is 3.47.